The van der Waals surface area contributed by atoms with Crippen molar-refractivity contribution < 1.29 is 19.0 Å². The molecule has 0 amide bonds. The fraction of sp³-hybridized carbons (Fsp3) is 0.500. The van der Waals surface area contributed by atoms with Crippen molar-refractivity contribution >= 4 is 0 Å². The molecule has 3 nitrogen and oxygen atoms in total. The van der Waals surface area contributed by atoms with Crippen LogP contribution in [0.3, 0.4) is 0 Å². The fourth-order valence-electron chi connectivity index (χ4n) is 1.34. The highest BCUT2D eigenvalue weighted by Gasteiger charge is 2.15. The summed E-state index contributed by atoms with van der Waals surface area (Å²) >= 11 is 0. The third-order valence-corrected chi connectivity index (χ3v) is 2.14. The van der Waals surface area contributed by atoms with E-state index in [1.807, 2.05) is 13.8 Å². The molecule has 16 heavy (non-hydrogen) atoms. The van der Waals surface area contributed by atoms with Gasteiger partial charge in [-0.05, 0) is 32.0 Å². The van der Waals surface area contributed by atoms with Crippen LogP contribution in [0, 0.1) is 5.82 Å². The lowest BCUT2D eigenvalue weighted by atomic mass is 10.1. The van der Waals surface area contributed by atoms with Crippen LogP contribution in [0.4, 0.5) is 4.39 Å². The molecule has 0 bridgehead atoms. The molecule has 1 atom stereocenters. The molecule has 0 heterocycles. The quantitative estimate of drug-likeness (QED) is 0.840. The first-order valence-electron chi connectivity index (χ1n) is 5.17. The van der Waals surface area contributed by atoms with Crippen molar-refractivity contribution in [2.75, 3.05) is 13.7 Å². The van der Waals surface area contributed by atoms with Crippen LogP contribution in [0.15, 0.2) is 18.2 Å². The Morgan fingerprint density at radius 2 is 2.06 bits per heavy atom. The zero-order chi connectivity index (χ0) is 12.1. The summed E-state index contributed by atoms with van der Waals surface area (Å²) in [5.41, 5.74) is 0.406. The van der Waals surface area contributed by atoms with Gasteiger partial charge in [-0.15, -0.1) is 0 Å². The van der Waals surface area contributed by atoms with Gasteiger partial charge in [0.25, 0.3) is 0 Å². The van der Waals surface area contributed by atoms with E-state index in [9.17, 15) is 9.50 Å². The van der Waals surface area contributed by atoms with Gasteiger partial charge >= 0.3 is 0 Å². The largest absolute Gasteiger partial charge is 0.496 e. The number of aliphatic hydroxyl groups excluding tert-OH is 1. The summed E-state index contributed by atoms with van der Waals surface area (Å²) < 4.78 is 23.4. The second-order valence-corrected chi connectivity index (χ2v) is 3.78. The van der Waals surface area contributed by atoms with Gasteiger partial charge in [-0.2, -0.15) is 0 Å². The molecule has 0 aliphatic rings. The van der Waals surface area contributed by atoms with E-state index in [4.69, 9.17) is 9.47 Å². The molecule has 0 fully saturated rings. The Morgan fingerprint density at radius 1 is 1.38 bits per heavy atom. The van der Waals surface area contributed by atoms with Gasteiger partial charge in [0.1, 0.15) is 17.7 Å². The van der Waals surface area contributed by atoms with Crippen molar-refractivity contribution in [2.24, 2.45) is 0 Å². The predicted octanol–water partition coefficient (Wildman–Crippen LogP) is 2.29. The Kier molecular flexibility index (Phi) is 4.71. The van der Waals surface area contributed by atoms with E-state index >= 15 is 0 Å². The molecule has 0 aliphatic carbocycles. The number of ether oxygens (including phenoxy) is 2. The highest BCUT2D eigenvalue weighted by Crippen LogP contribution is 2.26. The summed E-state index contributed by atoms with van der Waals surface area (Å²) in [6, 6.07) is 4.04. The minimum atomic E-state index is -0.881. The minimum Gasteiger partial charge on any atom is -0.496 e. The second kappa shape index (κ2) is 5.82. The van der Waals surface area contributed by atoms with E-state index in [1.54, 1.807) is 0 Å². The third-order valence-electron chi connectivity index (χ3n) is 2.14. The molecule has 0 aromatic heterocycles. The van der Waals surface area contributed by atoms with Gasteiger partial charge in [-0.1, -0.05) is 0 Å². The van der Waals surface area contributed by atoms with Gasteiger partial charge < -0.3 is 14.6 Å². The Labute approximate surface area is 94.8 Å². The summed E-state index contributed by atoms with van der Waals surface area (Å²) in [7, 11) is 1.48. The maximum atomic E-state index is 13.0. The number of hydrogen-bond acceptors (Lipinski definition) is 3. The number of rotatable bonds is 5. The number of aliphatic hydroxyl groups is 1. The molecule has 1 N–H and O–H groups in total. The van der Waals surface area contributed by atoms with Gasteiger partial charge in [-0.3, -0.25) is 0 Å². The lowest BCUT2D eigenvalue weighted by Crippen LogP contribution is -2.12. The van der Waals surface area contributed by atoms with Gasteiger partial charge in [0.2, 0.25) is 0 Å². The Bertz CT molecular complexity index is 339. The van der Waals surface area contributed by atoms with Crippen molar-refractivity contribution in [1.82, 2.24) is 0 Å². The lowest BCUT2D eigenvalue weighted by molar-refractivity contribution is 0.00398. The molecule has 0 aliphatic heterocycles. The van der Waals surface area contributed by atoms with Crippen molar-refractivity contribution in [2.45, 2.75) is 26.1 Å². The summed E-state index contributed by atoms with van der Waals surface area (Å²) in [5, 5.41) is 9.83. The van der Waals surface area contributed by atoms with Gasteiger partial charge in [0.15, 0.2) is 0 Å². The molecule has 0 saturated heterocycles. The van der Waals surface area contributed by atoms with Crippen molar-refractivity contribution in [3.8, 4) is 5.75 Å². The monoisotopic (exact) mass is 228 g/mol. The Balaban J connectivity index is 2.80. The second-order valence-electron chi connectivity index (χ2n) is 3.78. The van der Waals surface area contributed by atoms with E-state index in [2.05, 4.69) is 0 Å². The van der Waals surface area contributed by atoms with Crippen LogP contribution in [0.25, 0.3) is 0 Å². The van der Waals surface area contributed by atoms with Crippen LogP contribution in [0.2, 0.25) is 0 Å². The van der Waals surface area contributed by atoms with Crippen LogP contribution in [-0.2, 0) is 4.74 Å². The zero-order valence-corrected chi connectivity index (χ0v) is 9.74. The summed E-state index contributed by atoms with van der Waals surface area (Å²) in [6.07, 6.45) is -0.859. The molecule has 1 unspecified atom stereocenters. The maximum Gasteiger partial charge on any atom is 0.124 e. The minimum absolute atomic E-state index is 0.0224. The Hall–Kier alpha value is -1.13. The van der Waals surface area contributed by atoms with Crippen LogP contribution in [0.1, 0.15) is 25.5 Å². The molecule has 1 rings (SSSR count). The van der Waals surface area contributed by atoms with E-state index in [1.165, 1.54) is 25.3 Å². The molecule has 1 aromatic rings. The predicted molar refractivity (Wildman–Crippen MR) is 59.0 cm³/mol. The molecule has 0 radical (unpaired) electrons. The highest BCUT2D eigenvalue weighted by molar-refractivity contribution is 5.35. The fourth-order valence-corrected chi connectivity index (χ4v) is 1.34. The third kappa shape index (κ3) is 3.47. The van der Waals surface area contributed by atoms with Crippen molar-refractivity contribution in [1.29, 1.82) is 0 Å². The van der Waals surface area contributed by atoms with Gasteiger partial charge in [-0.25, -0.2) is 4.39 Å². The van der Waals surface area contributed by atoms with E-state index in [0.717, 1.165) is 0 Å². The molecular weight excluding hydrogens is 211 g/mol. The SMILES string of the molecule is COc1ccc(F)cc1C(O)COC(C)C. The number of benzene rings is 1. The topological polar surface area (TPSA) is 38.7 Å². The number of methoxy groups -OCH3 is 1. The maximum absolute atomic E-state index is 13.0. The van der Waals surface area contributed by atoms with Crippen LogP contribution < -0.4 is 4.74 Å². The van der Waals surface area contributed by atoms with Gasteiger partial charge in [0.05, 0.1) is 19.8 Å². The molecule has 1 aromatic carbocycles. The lowest BCUT2D eigenvalue weighted by Gasteiger charge is -2.16. The molecule has 0 saturated carbocycles. The van der Waals surface area contributed by atoms with Crippen molar-refractivity contribution in [3.05, 3.63) is 29.6 Å². The molecule has 0 spiro atoms. The van der Waals surface area contributed by atoms with E-state index in [0.29, 0.717) is 11.3 Å². The van der Waals surface area contributed by atoms with Gasteiger partial charge in [0, 0.05) is 5.56 Å². The molecule has 90 valence electrons. The highest BCUT2D eigenvalue weighted by atomic mass is 19.1. The van der Waals surface area contributed by atoms with Crippen LogP contribution >= 0.6 is 0 Å². The first-order valence-corrected chi connectivity index (χ1v) is 5.17. The summed E-state index contributed by atoms with van der Waals surface area (Å²) in [6.45, 7) is 3.86. The normalized spacial score (nSPS) is 12.9. The molecule has 4 heteroatoms. The van der Waals surface area contributed by atoms with Crippen LogP contribution in [-0.4, -0.2) is 24.9 Å². The summed E-state index contributed by atoms with van der Waals surface area (Å²) in [5.74, 6) is 0.0562. The first-order chi connectivity index (χ1) is 7.54. The zero-order valence-electron chi connectivity index (χ0n) is 9.74. The number of halogens is 1. The Morgan fingerprint density at radius 3 is 2.62 bits per heavy atom. The smallest absolute Gasteiger partial charge is 0.124 e. The molecular formula is C12H17FO3. The average molecular weight is 228 g/mol. The van der Waals surface area contributed by atoms with E-state index < -0.39 is 11.9 Å². The van der Waals surface area contributed by atoms with E-state index in [-0.39, 0.29) is 12.7 Å². The first kappa shape index (κ1) is 12.9. The van der Waals surface area contributed by atoms with Crippen LogP contribution in [0.5, 0.6) is 5.75 Å². The average Bonchev–Trinajstić information content (AvgIpc) is 2.25. The van der Waals surface area contributed by atoms with Crippen molar-refractivity contribution in [3.63, 3.8) is 0 Å². The summed E-state index contributed by atoms with van der Waals surface area (Å²) in [4.78, 5) is 0. The number of hydrogen-bond donors (Lipinski definition) is 1. The standard InChI is InChI=1S/C12H17FO3/c1-8(2)16-7-11(14)10-6-9(13)4-5-12(10)15-3/h4-6,8,11,14H,7H2,1-3H3.